The Morgan fingerprint density at radius 1 is 1.08 bits per heavy atom. The van der Waals surface area contributed by atoms with E-state index in [1.54, 1.807) is 0 Å². The summed E-state index contributed by atoms with van der Waals surface area (Å²) in [6.45, 7) is 8.20. The van der Waals surface area contributed by atoms with E-state index in [-0.39, 0.29) is 11.9 Å². The van der Waals surface area contributed by atoms with E-state index in [9.17, 15) is 4.79 Å². The predicted molar refractivity (Wildman–Crippen MR) is 99.3 cm³/mol. The molecule has 1 N–H and O–H groups in total. The van der Waals surface area contributed by atoms with E-state index in [0.717, 1.165) is 32.6 Å². The third-order valence-corrected chi connectivity index (χ3v) is 5.80. The summed E-state index contributed by atoms with van der Waals surface area (Å²) >= 11 is 0. The molecule has 4 nitrogen and oxygen atoms in total. The van der Waals surface area contributed by atoms with Gasteiger partial charge in [0.1, 0.15) is 0 Å². The molecule has 0 radical (unpaired) electrons. The van der Waals surface area contributed by atoms with Gasteiger partial charge in [-0.2, -0.15) is 0 Å². The molecule has 1 aromatic rings. The molecule has 0 spiro atoms. The van der Waals surface area contributed by atoms with Crippen LogP contribution in [0.5, 0.6) is 0 Å². The number of rotatable bonds is 4. The summed E-state index contributed by atoms with van der Waals surface area (Å²) in [7, 11) is 0. The fourth-order valence-electron chi connectivity index (χ4n) is 4.01. The summed E-state index contributed by atoms with van der Waals surface area (Å²) in [6.07, 6.45) is 4.94. The van der Waals surface area contributed by atoms with Gasteiger partial charge >= 0.3 is 0 Å². The Hall–Kier alpha value is -1.55. The van der Waals surface area contributed by atoms with Gasteiger partial charge in [-0.1, -0.05) is 38.0 Å². The second kappa shape index (κ2) is 8.02. The fraction of sp³-hybridized carbons (Fsp3) is 0.650. The molecule has 0 bridgehead atoms. The first-order chi connectivity index (χ1) is 11.6. The Kier molecular flexibility index (Phi) is 5.77. The van der Waals surface area contributed by atoms with Crippen molar-refractivity contribution in [3.8, 4) is 0 Å². The van der Waals surface area contributed by atoms with Gasteiger partial charge in [0.05, 0.1) is 6.04 Å². The van der Waals surface area contributed by atoms with Crippen LogP contribution in [-0.2, 0) is 4.79 Å². The van der Waals surface area contributed by atoms with Gasteiger partial charge in [0.2, 0.25) is 5.91 Å². The van der Waals surface area contributed by atoms with Gasteiger partial charge in [-0.05, 0) is 37.8 Å². The first-order valence-electron chi connectivity index (χ1n) is 9.49. The second-order valence-electron chi connectivity index (χ2n) is 7.41. The normalized spacial score (nSPS) is 26.8. The molecule has 4 heteroatoms. The summed E-state index contributed by atoms with van der Waals surface area (Å²) in [5.74, 6) is 0.826. The number of carbonyl (C=O) groups is 1. The van der Waals surface area contributed by atoms with Gasteiger partial charge in [-0.15, -0.1) is 0 Å². The number of anilines is 1. The lowest BCUT2D eigenvalue weighted by Gasteiger charge is -2.39. The van der Waals surface area contributed by atoms with Crippen LogP contribution in [0.15, 0.2) is 30.3 Å². The number of nitrogens with zero attached hydrogens (tertiary/aromatic N) is 2. The molecule has 0 aromatic heterocycles. The lowest BCUT2D eigenvalue weighted by molar-refractivity contribution is -0.127. The Labute approximate surface area is 146 Å². The van der Waals surface area contributed by atoms with Crippen molar-refractivity contribution in [2.45, 2.75) is 51.6 Å². The van der Waals surface area contributed by atoms with E-state index >= 15 is 0 Å². The molecule has 3 rings (SSSR count). The zero-order valence-electron chi connectivity index (χ0n) is 15.1. The Morgan fingerprint density at radius 3 is 2.42 bits per heavy atom. The van der Waals surface area contributed by atoms with Crippen molar-refractivity contribution < 1.29 is 4.79 Å². The first-order valence-corrected chi connectivity index (χ1v) is 9.49. The smallest absolute Gasteiger partial charge is 0.237 e. The summed E-state index contributed by atoms with van der Waals surface area (Å²) in [5.41, 5.74) is 1.28. The molecule has 1 aliphatic heterocycles. The van der Waals surface area contributed by atoms with Crippen molar-refractivity contribution in [1.29, 1.82) is 0 Å². The quantitative estimate of drug-likeness (QED) is 0.922. The maximum Gasteiger partial charge on any atom is 0.237 e. The average Bonchev–Trinajstić information content (AvgIpc) is 2.64. The number of para-hydroxylation sites is 1. The maximum absolute atomic E-state index is 12.6. The van der Waals surface area contributed by atoms with Crippen LogP contribution in [-0.4, -0.2) is 49.1 Å². The average molecular weight is 329 g/mol. The van der Waals surface area contributed by atoms with Crippen LogP contribution >= 0.6 is 0 Å². The molecule has 1 heterocycles. The van der Waals surface area contributed by atoms with E-state index in [2.05, 4.69) is 59.3 Å². The predicted octanol–water partition coefficient (Wildman–Crippen LogP) is 2.89. The van der Waals surface area contributed by atoms with Crippen LogP contribution in [0.25, 0.3) is 0 Å². The van der Waals surface area contributed by atoms with Gasteiger partial charge in [-0.3, -0.25) is 9.69 Å². The fourth-order valence-corrected chi connectivity index (χ4v) is 4.01. The maximum atomic E-state index is 12.6. The third-order valence-electron chi connectivity index (χ3n) is 5.80. The van der Waals surface area contributed by atoms with Gasteiger partial charge in [0.25, 0.3) is 0 Å². The van der Waals surface area contributed by atoms with E-state index < -0.39 is 0 Å². The topological polar surface area (TPSA) is 35.6 Å². The number of hydrogen-bond donors (Lipinski definition) is 1. The highest BCUT2D eigenvalue weighted by Gasteiger charge is 2.29. The Morgan fingerprint density at radius 2 is 1.75 bits per heavy atom. The molecule has 24 heavy (non-hydrogen) atoms. The molecular formula is C20H31N3O. The lowest BCUT2D eigenvalue weighted by Crippen LogP contribution is -2.55. The van der Waals surface area contributed by atoms with E-state index in [4.69, 9.17) is 0 Å². The Balaban J connectivity index is 1.49. The van der Waals surface area contributed by atoms with Crippen molar-refractivity contribution in [2.24, 2.45) is 5.92 Å². The largest absolute Gasteiger partial charge is 0.369 e. The molecule has 1 saturated heterocycles. The third kappa shape index (κ3) is 4.10. The van der Waals surface area contributed by atoms with Crippen molar-refractivity contribution in [2.75, 3.05) is 31.1 Å². The monoisotopic (exact) mass is 329 g/mol. The molecule has 0 unspecified atom stereocenters. The highest BCUT2D eigenvalue weighted by atomic mass is 16.2. The molecule has 132 valence electrons. The summed E-state index contributed by atoms with van der Waals surface area (Å²) in [4.78, 5) is 17.4. The lowest BCUT2D eigenvalue weighted by atomic mass is 9.86. The van der Waals surface area contributed by atoms with Crippen LogP contribution in [0.1, 0.15) is 39.5 Å². The van der Waals surface area contributed by atoms with Gasteiger partial charge in [0, 0.05) is 37.9 Å². The molecule has 1 aliphatic carbocycles. The van der Waals surface area contributed by atoms with Crippen molar-refractivity contribution in [1.82, 2.24) is 10.2 Å². The number of hydrogen-bond acceptors (Lipinski definition) is 3. The van der Waals surface area contributed by atoms with Crippen LogP contribution in [0, 0.1) is 5.92 Å². The summed E-state index contributed by atoms with van der Waals surface area (Å²) in [5, 5.41) is 3.31. The van der Waals surface area contributed by atoms with E-state index in [0.29, 0.717) is 12.0 Å². The Bertz CT molecular complexity index is 525. The van der Waals surface area contributed by atoms with Crippen LogP contribution in [0.4, 0.5) is 5.69 Å². The SMILES string of the molecule is C[C@@H]1CCCC[C@H]1NC(=O)[C@@H](C)N1CCN(c2ccccc2)CC1. The zero-order valence-corrected chi connectivity index (χ0v) is 15.1. The van der Waals surface area contributed by atoms with E-state index in [1.165, 1.54) is 24.9 Å². The molecule has 3 atom stereocenters. The number of benzene rings is 1. The number of nitrogens with one attached hydrogen (secondary N) is 1. The van der Waals surface area contributed by atoms with Crippen LogP contribution < -0.4 is 10.2 Å². The van der Waals surface area contributed by atoms with Crippen molar-refractivity contribution in [3.05, 3.63) is 30.3 Å². The minimum absolute atomic E-state index is 0.0305. The molecule has 2 aliphatic rings. The van der Waals surface area contributed by atoms with E-state index in [1.807, 2.05) is 0 Å². The van der Waals surface area contributed by atoms with Crippen molar-refractivity contribution in [3.63, 3.8) is 0 Å². The molecule has 1 aromatic carbocycles. The standard InChI is InChI=1S/C20H31N3O/c1-16-8-6-7-11-19(16)21-20(24)17(2)22-12-14-23(15-13-22)18-9-4-3-5-10-18/h3-5,9-10,16-17,19H,6-8,11-15H2,1-2H3,(H,21,24)/t16-,17-,19-/m1/s1. The first kappa shape index (κ1) is 17.3. The second-order valence-corrected chi connectivity index (χ2v) is 7.41. The summed E-state index contributed by atoms with van der Waals surface area (Å²) < 4.78 is 0. The molecular weight excluding hydrogens is 298 g/mol. The number of carbonyl (C=O) groups excluding carboxylic acids is 1. The zero-order chi connectivity index (χ0) is 16.9. The molecule has 2 fully saturated rings. The van der Waals surface area contributed by atoms with Gasteiger partial charge in [-0.25, -0.2) is 0 Å². The highest BCUT2D eigenvalue weighted by molar-refractivity contribution is 5.81. The van der Waals surface area contributed by atoms with Crippen molar-refractivity contribution >= 4 is 11.6 Å². The van der Waals surface area contributed by atoms with Gasteiger partial charge in [0.15, 0.2) is 0 Å². The molecule has 1 amide bonds. The number of amides is 1. The number of piperazine rings is 1. The van der Waals surface area contributed by atoms with Crippen LogP contribution in [0.2, 0.25) is 0 Å². The van der Waals surface area contributed by atoms with Crippen LogP contribution in [0.3, 0.4) is 0 Å². The summed E-state index contributed by atoms with van der Waals surface area (Å²) in [6, 6.07) is 10.9. The highest BCUT2D eigenvalue weighted by Crippen LogP contribution is 2.24. The molecule has 1 saturated carbocycles. The minimum atomic E-state index is -0.0305. The van der Waals surface area contributed by atoms with Gasteiger partial charge < -0.3 is 10.2 Å². The minimum Gasteiger partial charge on any atom is -0.369 e.